The van der Waals surface area contributed by atoms with Crippen LogP contribution in [-0.2, 0) is 14.9 Å². The second-order valence-corrected chi connectivity index (χ2v) is 8.11. The van der Waals surface area contributed by atoms with E-state index >= 15 is 0 Å². The molecule has 0 radical (unpaired) electrons. The highest BCUT2D eigenvalue weighted by atomic mass is 16.6. The van der Waals surface area contributed by atoms with Gasteiger partial charge in [0.05, 0.1) is 25.3 Å². The van der Waals surface area contributed by atoms with Crippen LogP contribution in [0.15, 0.2) is 12.3 Å². The molecule has 4 rings (SSSR count). The monoisotopic (exact) mass is 402 g/mol. The first-order valence-corrected chi connectivity index (χ1v) is 10.6. The fraction of sp³-hybridized carbons (Fsp3) is 0.667. The molecule has 0 aromatic carbocycles. The van der Waals surface area contributed by atoms with Crippen LogP contribution in [0.4, 0.5) is 10.6 Å². The molecule has 158 valence electrons. The summed E-state index contributed by atoms with van der Waals surface area (Å²) in [6.45, 7) is 5.52. The first-order valence-electron chi connectivity index (χ1n) is 10.6. The van der Waals surface area contributed by atoms with E-state index in [1.54, 1.807) is 13.3 Å². The van der Waals surface area contributed by atoms with E-state index in [9.17, 15) is 9.59 Å². The molecule has 0 unspecified atom stereocenters. The summed E-state index contributed by atoms with van der Waals surface area (Å²) in [5.41, 5.74) is 0.487. The molecule has 1 aliphatic carbocycles. The second-order valence-electron chi connectivity index (χ2n) is 8.11. The van der Waals surface area contributed by atoms with Gasteiger partial charge in [-0.3, -0.25) is 9.69 Å². The number of ether oxygens (including phenoxy) is 2. The van der Waals surface area contributed by atoms with E-state index in [0.29, 0.717) is 30.8 Å². The van der Waals surface area contributed by atoms with Crippen LogP contribution in [0.25, 0.3) is 0 Å². The molecule has 2 amide bonds. The lowest BCUT2D eigenvalue weighted by molar-refractivity contribution is -0.122. The number of carbonyl (C=O) groups is 2. The average Bonchev–Trinajstić information content (AvgIpc) is 2.90. The molecular formula is C21H30N4O4. The fourth-order valence-electron chi connectivity index (χ4n) is 5.03. The Hall–Kier alpha value is -2.35. The molecule has 0 atom stereocenters. The number of carbonyl (C=O) groups excluding carboxylic acids is 2. The van der Waals surface area contributed by atoms with Crippen LogP contribution in [0.1, 0.15) is 44.6 Å². The number of rotatable bonds is 3. The summed E-state index contributed by atoms with van der Waals surface area (Å²) in [6, 6.07) is 2.40. The standard InChI is InChI=1S/C21H30N4O4/c1-3-29-20(27)25-10-4-9-24(11-12-25)15-5-7-21(8-6-15)17-13-16(28-2)14-22-18(17)23-19(21)26/h13-15H,3-12H2,1-2H3,(H,22,23,26). The quantitative estimate of drug-likeness (QED) is 0.836. The number of anilines is 1. The van der Waals surface area contributed by atoms with Crippen LogP contribution in [0.2, 0.25) is 0 Å². The molecule has 8 nitrogen and oxygen atoms in total. The summed E-state index contributed by atoms with van der Waals surface area (Å²) < 4.78 is 10.5. The lowest BCUT2D eigenvalue weighted by atomic mass is 9.69. The molecule has 0 bridgehead atoms. The number of pyridine rings is 1. The molecule has 3 aliphatic rings. The van der Waals surface area contributed by atoms with E-state index in [-0.39, 0.29) is 12.0 Å². The highest BCUT2D eigenvalue weighted by Gasteiger charge is 2.50. The third-order valence-corrected chi connectivity index (χ3v) is 6.66. The van der Waals surface area contributed by atoms with Crippen molar-refractivity contribution in [3.05, 3.63) is 17.8 Å². The van der Waals surface area contributed by atoms with E-state index in [2.05, 4.69) is 15.2 Å². The van der Waals surface area contributed by atoms with Crippen molar-refractivity contribution in [2.24, 2.45) is 0 Å². The van der Waals surface area contributed by atoms with Gasteiger partial charge in [0.15, 0.2) is 0 Å². The smallest absolute Gasteiger partial charge is 0.409 e. The summed E-state index contributed by atoms with van der Waals surface area (Å²) >= 11 is 0. The Morgan fingerprint density at radius 2 is 2.07 bits per heavy atom. The Bertz CT molecular complexity index is 776. The number of methoxy groups -OCH3 is 1. The van der Waals surface area contributed by atoms with E-state index in [0.717, 1.165) is 57.3 Å². The molecule has 1 aromatic rings. The molecule has 3 heterocycles. The molecule has 1 N–H and O–H groups in total. The molecular weight excluding hydrogens is 372 g/mol. The number of nitrogens with zero attached hydrogens (tertiary/aromatic N) is 3. The molecule has 2 fully saturated rings. The summed E-state index contributed by atoms with van der Waals surface area (Å²) in [4.78, 5) is 33.6. The van der Waals surface area contributed by atoms with Crippen LogP contribution < -0.4 is 10.1 Å². The van der Waals surface area contributed by atoms with Crippen molar-refractivity contribution in [2.45, 2.75) is 50.5 Å². The molecule has 1 aromatic heterocycles. The van der Waals surface area contributed by atoms with Gasteiger partial charge in [0, 0.05) is 37.8 Å². The van der Waals surface area contributed by atoms with Crippen LogP contribution in [0.3, 0.4) is 0 Å². The number of hydrogen-bond donors (Lipinski definition) is 1. The van der Waals surface area contributed by atoms with Gasteiger partial charge in [0.1, 0.15) is 11.6 Å². The highest BCUT2D eigenvalue weighted by molar-refractivity contribution is 6.05. The zero-order valence-corrected chi connectivity index (χ0v) is 17.3. The molecule has 2 aliphatic heterocycles. The average molecular weight is 402 g/mol. The van der Waals surface area contributed by atoms with Gasteiger partial charge >= 0.3 is 6.09 Å². The van der Waals surface area contributed by atoms with Crippen molar-refractivity contribution in [2.75, 3.05) is 45.2 Å². The van der Waals surface area contributed by atoms with E-state index in [4.69, 9.17) is 9.47 Å². The zero-order chi connectivity index (χ0) is 20.4. The van der Waals surface area contributed by atoms with Crippen molar-refractivity contribution in [1.82, 2.24) is 14.8 Å². The SMILES string of the molecule is CCOC(=O)N1CCCN(C2CCC3(CC2)C(=O)Nc2ncc(OC)cc23)CC1. The first-order chi connectivity index (χ1) is 14.1. The maximum absolute atomic E-state index is 12.9. The highest BCUT2D eigenvalue weighted by Crippen LogP contribution is 2.48. The fourth-order valence-corrected chi connectivity index (χ4v) is 5.03. The van der Waals surface area contributed by atoms with Crippen molar-refractivity contribution < 1.29 is 19.1 Å². The van der Waals surface area contributed by atoms with Crippen LogP contribution in [-0.4, -0.2) is 72.7 Å². The van der Waals surface area contributed by atoms with Crippen LogP contribution in [0, 0.1) is 0 Å². The number of nitrogens with one attached hydrogen (secondary N) is 1. The van der Waals surface area contributed by atoms with Gasteiger partial charge in [-0.2, -0.15) is 0 Å². The predicted octanol–water partition coefficient (Wildman–Crippen LogP) is 2.39. The lowest BCUT2D eigenvalue weighted by Crippen LogP contribution is -2.46. The van der Waals surface area contributed by atoms with Gasteiger partial charge in [0.25, 0.3) is 0 Å². The second kappa shape index (κ2) is 8.18. The van der Waals surface area contributed by atoms with Crippen molar-refractivity contribution in [3.63, 3.8) is 0 Å². The van der Waals surface area contributed by atoms with Crippen molar-refractivity contribution in [1.29, 1.82) is 0 Å². The Labute approximate surface area is 171 Å². The van der Waals surface area contributed by atoms with Crippen LogP contribution in [0.5, 0.6) is 5.75 Å². The maximum atomic E-state index is 12.9. The van der Waals surface area contributed by atoms with Gasteiger partial charge < -0.3 is 19.7 Å². The summed E-state index contributed by atoms with van der Waals surface area (Å²) in [6.07, 6.45) is 5.93. The number of hydrogen-bond acceptors (Lipinski definition) is 6. The topological polar surface area (TPSA) is 84.0 Å². The Morgan fingerprint density at radius 3 is 2.79 bits per heavy atom. The van der Waals surface area contributed by atoms with Crippen molar-refractivity contribution >= 4 is 17.8 Å². The third kappa shape index (κ3) is 3.66. The van der Waals surface area contributed by atoms with E-state index < -0.39 is 5.41 Å². The number of aromatic nitrogens is 1. The summed E-state index contributed by atoms with van der Waals surface area (Å²) in [5.74, 6) is 1.43. The summed E-state index contributed by atoms with van der Waals surface area (Å²) in [7, 11) is 1.62. The van der Waals surface area contributed by atoms with Gasteiger partial charge in [-0.05, 0) is 45.1 Å². The zero-order valence-electron chi connectivity index (χ0n) is 17.3. The number of fused-ring (bicyclic) bond motifs is 2. The largest absolute Gasteiger partial charge is 0.495 e. The molecule has 1 spiro atoms. The Balaban J connectivity index is 1.41. The number of amides is 2. The normalized spacial score (nSPS) is 27.3. The summed E-state index contributed by atoms with van der Waals surface area (Å²) in [5, 5.41) is 2.97. The van der Waals surface area contributed by atoms with Gasteiger partial charge in [-0.1, -0.05) is 0 Å². The molecule has 29 heavy (non-hydrogen) atoms. The third-order valence-electron chi connectivity index (χ3n) is 6.66. The first kappa shape index (κ1) is 19.9. The molecule has 1 saturated carbocycles. The Morgan fingerprint density at radius 1 is 1.28 bits per heavy atom. The predicted molar refractivity (Wildman–Crippen MR) is 108 cm³/mol. The maximum Gasteiger partial charge on any atom is 0.409 e. The van der Waals surface area contributed by atoms with Gasteiger partial charge in [-0.15, -0.1) is 0 Å². The van der Waals surface area contributed by atoms with Gasteiger partial charge in [-0.25, -0.2) is 9.78 Å². The molecule has 8 heteroatoms. The lowest BCUT2D eigenvalue weighted by Gasteiger charge is -2.40. The minimum absolute atomic E-state index is 0.0658. The Kier molecular flexibility index (Phi) is 5.63. The van der Waals surface area contributed by atoms with E-state index in [1.165, 1.54) is 0 Å². The molecule has 1 saturated heterocycles. The van der Waals surface area contributed by atoms with Gasteiger partial charge in [0.2, 0.25) is 5.91 Å². The minimum atomic E-state index is -0.490. The van der Waals surface area contributed by atoms with E-state index in [1.807, 2.05) is 17.9 Å². The van der Waals surface area contributed by atoms with Crippen LogP contribution >= 0.6 is 0 Å². The van der Waals surface area contributed by atoms with Crippen molar-refractivity contribution in [3.8, 4) is 5.75 Å². The minimum Gasteiger partial charge on any atom is -0.495 e.